The summed E-state index contributed by atoms with van der Waals surface area (Å²) >= 11 is 0. The van der Waals surface area contributed by atoms with Crippen LogP contribution >= 0.6 is 0 Å². The van der Waals surface area contributed by atoms with Gasteiger partial charge in [-0.25, -0.2) is 0 Å². The van der Waals surface area contributed by atoms with Crippen molar-refractivity contribution >= 4 is 5.91 Å². The van der Waals surface area contributed by atoms with Crippen LogP contribution in [0.4, 0.5) is 0 Å². The fraction of sp³-hybridized carbons (Fsp3) is 0.476. The van der Waals surface area contributed by atoms with Crippen LogP contribution in [0.2, 0.25) is 0 Å². The van der Waals surface area contributed by atoms with E-state index in [9.17, 15) is 4.79 Å². The summed E-state index contributed by atoms with van der Waals surface area (Å²) < 4.78 is 0. The van der Waals surface area contributed by atoms with Crippen LogP contribution in [0.3, 0.4) is 0 Å². The molecule has 1 saturated carbocycles. The predicted molar refractivity (Wildman–Crippen MR) is 100 cm³/mol. The summed E-state index contributed by atoms with van der Waals surface area (Å²) in [6.07, 6.45) is 8.57. The SMILES string of the molecule is C=C/C=C1\C(=C)N(C(C)=O)C(C)CN1CC1C2=C3CCC(=C1CC2)N3. The van der Waals surface area contributed by atoms with Crippen molar-refractivity contribution in [3.63, 3.8) is 0 Å². The molecule has 0 aromatic heterocycles. The Hall–Kier alpha value is -2.23. The van der Waals surface area contributed by atoms with E-state index in [2.05, 4.69) is 30.3 Å². The molecule has 25 heavy (non-hydrogen) atoms. The van der Waals surface area contributed by atoms with Gasteiger partial charge < -0.3 is 15.1 Å². The van der Waals surface area contributed by atoms with Gasteiger partial charge >= 0.3 is 0 Å². The Morgan fingerprint density at radius 2 is 1.88 bits per heavy atom. The van der Waals surface area contributed by atoms with Crippen LogP contribution in [-0.4, -0.2) is 34.8 Å². The predicted octanol–water partition coefficient (Wildman–Crippen LogP) is 3.44. The molecule has 1 amide bonds. The molecule has 1 unspecified atom stereocenters. The van der Waals surface area contributed by atoms with Crippen LogP contribution in [0, 0.1) is 5.92 Å². The van der Waals surface area contributed by atoms with Gasteiger partial charge in [-0.2, -0.15) is 0 Å². The third-order valence-electron chi connectivity index (χ3n) is 6.08. The number of nitrogens with zero attached hydrogens (tertiary/aromatic N) is 2. The van der Waals surface area contributed by atoms with E-state index in [1.165, 1.54) is 37.1 Å². The van der Waals surface area contributed by atoms with Crippen molar-refractivity contribution < 1.29 is 4.79 Å². The Labute approximate surface area is 150 Å². The molecule has 2 saturated heterocycles. The largest absolute Gasteiger partial charge is 0.367 e. The summed E-state index contributed by atoms with van der Waals surface area (Å²) in [5.41, 5.74) is 8.01. The number of carbonyl (C=O) groups excluding carboxylic acids is 1. The molecule has 4 heteroatoms. The van der Waals surface area contributed by atoms with Crippen LogP contribution in [-0.2, 0) is 4.79 Å². The Morgan fingerprint density at radius 3 is 2.44 bits per heavy atom. The molecular weight excluding hydrogens is 310 g/mol. The molecule has 1 N–H and O–H groups in total. The maximum Gasteiger partial charge on any atom is 0.224 e. The number of nitrogens with one attached hydrogen (secondary N) is 1. The number of amides is 1. The van der Waals surface area contributed by atoms with Crippen molar-refractivity contribution in [2.45, 2.75) is 45.6 Å². The highest BCUT2D eigenvalue weighted by Crippen LogP contribution is 2.48. The van der Waals surface area contributed by atoms with E-state index in [0.29, 0.717) is 5.92 Å². The number of carbonyl (C=O) groups is 1. The Bertz CT molecular complexity index is 727. The summed E-state index contributed by atoms with van der Waals surface area (Å²) in [6, 6.07) is 0.137. The molecule has 4 nitrogen and oxygen atoms in total. The molecule has 1 atom stereocenters. The number of allylic oxidation sites excluding steroid dienone is 4. The molecule has 1 aliphatic carbocycles. The second-order valence-electron chi connectivity index (χ2n) is 7.56. The Balaban J connectivity index is 1.63. The lowest BCUT2D eigenvalue weighted by Gasteiger charge is -2.45. The average molecular weight is 337 g/mol. The molecule has 0 aromatic rings. The minimum atomic E-state index is 0.0574. The quantitative estimate of drug-likeness (QED) is 0.857. The second kappa shape index (κ2) is 5.94. The highest BCUT2D eigenvalue weighted by atomic mass is 16.2. The number of piperazine rings is 1. The average Bonchev–Trinajstić information content (AvgIpc) is 3.08. The molecule has 132 valence electrons. The molecule has 3 aliphatic heterocycles. The van der Waals surface area contributed by atoms with E-state index >= 15 is 0 Å². The molecule has 3 fully saturated rings. The first-order valence-electron chi connectivity index (χ1n) is 9.28. The van der Waals surface area contributed by atoms with E-state index in [4.69, 9.17) is 0 Å². The lowest BCUT2D eigenvalue weighted by atomic mass is 9.93. The van der Waals surface area contributed by atoms with Crippen LogP contribution in [0.25, 0.3) is 0 Å². The summed E-state index contributed by atoms with van der Waals surface area (Å²) in [5, 5.41) is 3.63. The third kappa shape index (κ3) is 2.46. The van der Waals surface area contributed by atoms with Crippen molar-refractivity contribution in [1.29, 1.82) is 0 Å². The van der Waals surface area contributed by atoms with Gasteiger partial charge in [-0.3, -0.25) is 4.79 Å². The Morgan fingerprint density at radius 1 is 1.24 bits per heavy atom. The fourth-order valence-electron chi connectivity index (χ4n) is 5.09. The molecule has 4 rings (SSSR count). The Kier molecular flexibility index (Phi) is 3.86. The third-order valence-corrected chi connectivity index (χ3v) is 6.08. The number of rotatable bonds is 3. The van der Waals surface area contributed by atoms with Crippen molar-refractivity contribution in [2.75, 3.05) is 13.1 Å². The first-order chi connectivity index (χ1) is 12.0. The number of dihydropyridines is 1. The van der Waals surface area contributed by atoms with Gasteiger partial charge in [-0.15, -0.1) is 0 Å². The molecule has 4 aliphatic rings. The summed E-state index contributed by atoms with van der Waals surface area (Å²) in [5.74, 6) is 0.591. The normalized spacial score (nSPS) is 27.5. The zero-order valence-electron chi connectivity index (χ0n) is 15.3. The maximum absolute atomic E-state index is 12.0. The first-order valence-corrected chi connectivity index (χ1v) is 9.28. The second-order valence-corrected chi connectivity index (χ2v) is 7.56. The highest BCUT2D eigenvalue weighted by Gasteiger charge is 2.40. The minimum absolute atomic E-state index is 0.0574. The molecule has 0 aromatic carbocycles. The number of hydrogen-bond donors (Lipinski definition) is 1. The number of hydrogen-bond acceptors (Lipinski definition) is 3. The summed E-state index contributed by atoms with van der Waals surface area (Å²) in [6.45, 7) is 13.6. The van der Waals surface area contributed by atoms with Crippen LogP contribution in [0.1, 0.15) is 39.5 Å². The van der Waals surface area contributed by atoms with Gasteiger partial charge in [-0.05, 0) is 49.8 Å². The van der Waals surface area contributed by atoms with E-state index in [-0.39, 0.29) is 11.9 Å². The first kappa shape index (κ1) is 16.2. The van der Waals surface area contributed by atoms with Gasteiger partial charge in [0.25, 0.3) is 0 Å². The van der Waals surface area contributed by atoms with Crippen LogP contribution in [0.15, 0.2) is 59.2 Å². The van der Waals surface area contributed by atoms with Gasteiger partial charge in [0, 0.05) is 37.3 Å². The summed E-state index contributed by atoms with van der Waals surface area (Å²) in [4.78, 5) is 16.3. The molecule has 0 spiro atoms. The zero-order valence-corrected chi connectivity index (χ0v) is 15.3. The van der Waals surface area contributed by atoms with Crippen LogP contribution in [0.5, 0.6) is 0 Å². The summed E-state index contributed by atoms with van der Waals surface area (Å²) in [7, 11) is 0. The van der Waals surface area contributed by atoms with E-state index in [0.717, 1.165) is 24.5 Å². The topological polar surface area (TPSA) is 35.6 Å². The lowest BCUT2D eigenvalue weighted by molar-refractivity contribution is -0.129. The number of fused-ring (bicyclic) bond motifs is 4. The van der Waals surface area contributed by atoms with Crippen LogP contribution < -0.4 is 5.32 Å². The lowest BCUT2D eigenvalue weighted by Crippen LogP contribution is -2.51. The van der Waals surface area contributed by atoms with Crippen molar-refractivity contribution in [2.24, 2.45) is 5.92 Å². The van der Waals surface area contributed by atoms with Gasteiger partial charge in [0.1, 0.15) is 0 Å². The minimum Gasteiger partial charge on any atom is -0.367 e. The van der Waals surface area contributed by atoms with Gasteiger partial charge in [0.2, 0.25) is 5.91 Å². The van der Waals surface area contributed by atoms with Crippen molar-refractivity contribution in [3.8, 4) is 0 Å². The standard InChI is InChI=1S/C21H27N3O/c1-5-6-21-14(3)24(15(4)25)13(2)11-23(21)12-18-16-7-8-17(18)20-10-9-19(16)22-20/h5-6,13,18,22H,1,3,7-12H2,2,4H3/b21-6+. The van der Waals surface area contributed by atoms with Gasteiger partial charge in [-0.1, -0.05) is 19.2 Å². The van der Waals surface area contributed by atoms with E-state index in [1.54, 1.807) is 24.1 Å². The highest BCUT2D eigenvalue weighted by molar-refractivity contribution is 5.77. The molecule has 0 radical (unpaired) electrons. The monoisotopic (exact) mass is 337 g/mol. The molecule has 4 bridgehead atoms. The van der Waals surface area contributed by atoms with Crippen molar-refractivity contribution in [1.82, 2.24) is 15.1 Å². The maximum atomic E-state index is 12.0. The van der Waals surface area contributed by atoms with E-state index in [1.807, 2.05) is 11.0 Å². The zero-order chi connectivity index (χ0) is 17.7. The van der Waals surface area contributed by atoms with E-state index < -0.39 is 0 Å². The van der Waals surface area contributed by atoms with Crippen molar-refractivity contribution in [3.05, 3.63) is 59.2 Å². The smallest absolute Gasteiger partial charge is 0.224 e. The van der Waals surface area contributed by atoms with Gasteiger partial charge in [0.15, 0.2) is 0 Å². The fourth-order valence-corrected chi connectivity index (χ4v) is 5.09. The van der Waals surface area contributed by atoms with Gasteiger partial charge in [0.05, 0.1) is 17.4 Å². The molecule has 3 heterocycles. The molecular formula is C21H27N3O.